The van der Waals surface area contributed by atoms with Gasteiger partial charge in [0.2, 0.25) is 0 Å². The number of carbonyl (C=O) groups is 1. The Hall–Kier alpha value is -1.42. The fraction of sp³-hybridized carbons (Fsp3) is 0.462. The van der Waals surface area contributed by atoms with Crippen molar-refractivity contribution in [3.05, 3.63) is 23.2 Å². The molecule has 0 saturated carbocycles. The van der Waals surface area contributed by atoms with Gasteiger partial charge in [0.1, 0.15) is 24.1 Å². The average Bonchev–Trinajstić information content (AvgIpc) is 2.53. The lowest BCUT2D eigenvalue weighted by Gasteiger charge is -2.25. The zero-order valence-electron chi connectivity index (χ0n) is 11.7. The summed E-state index contributed by atoms with van der Waals surface area (Å²) in [5.74, 6) is -0.796. The van der Waals surface area contributed by atoms with Crippen LogP contribution < -0.4 is 10.1 Å². The highest BCUT2D eigenvalue weighted by atomic mass is 35.5. The van der Waals surface area contributed by atoms with Crippen molar-refractivity contribution in [2.24, 2.45) is 0 Å². The number of hydrogen-bond acceptors (Lipinski definition) is 7. The molecule has 22 heavy (non-hydrogen) atoms. The van der Waals surface area contributed by atoms with Crippen molar-refractivity contribution in [1.29, 1.82) is 0 Å². The number of carbonyl (C=O) groups excluding carboxylic acids is 1. The summed E-state index contributed by atoms with van der Waals surface area (Å²) >= 11 is 5.77. The smallest absolute Gasteiger partial charge is 0.256 e. The molecule has 1 amide bonds. The molecule has 6 N–H and O–H groups in total. The Morgan fingerprint density at radius 3 is 2.45 bits per heavy atom. The Kier molecular flexibility index (Phi) is 7.01. The number of ether oxygens (including phenoxy) is 1. The van der Waals surface area contributed by atoms with Gasteiger partial charge in [0.15, 0.2) is 6.10 Å². The van der Waals surface area contributed by atoms with E-state index in [4.69, 9.17) is 21.4 Å². The molecule has 0 aliphatic rings. The molecule has 0 bridgehead atoms. The van der Waals surface area contributed by atoms with E-state index in [1.807, 2.05) is 0 Å². The summed E-state index contributed by atoms with van der Waals surface area (Å²) in [5, 5.41) is 49.3. The van der Waals surface area contributed by atoms with Gasteiger partial charge in [-0.15, -0.1) is 0 Å². The first-order chi connectivity index (χ1) is 10.3. The summed E-state index contributed by atoms with van der Waals surface area (Å²) in [6.45, 7) is -0.836. The van der Waals surface area contributed by atoms with Crippen molar-refractivity contribution >= 4 is 23.2 Å². The molecule has 0 aliphatic heterocycles. The van der Waals surface area contributed by atoms with Gasteiger partial charge in [-0.1, -0.05) is 11.6 Å². The van der Waals surface area contributed by atoms with Crippen LogP contribution in [0, 0.1) is 0 Å². The Morgan fingerprint density at radius 1 is 1.27 bits per heavy atom. The molecule has 1 aromatic rings. The molecule has 0 radical (unpaired) electrons. The van der Waals surface area contributed by atoms with E-state index in [1.54, 1.807) is 0 Å². The zero-order valence-corrected chi connectivity index (χ0v) is 12.4. The van der Waals surface area contributed by atoms with Crippen LogP contribution in [-0.2, 0) is 4.79 Å². The first kappa shape index (κ1) is 18.6. The van der Waals surface area contributed by atoms with Crippen LogP contribution in [0.4, 0.5) is 5.69 Å². The number of rotatable bonds is 7. The Bertz CT molecular complexity index is 513. The second-order valence-corrected chi connectivity index (χ2v) is 4.95. The standard InChI is InChI=1S/C13H18ClNO7/c1-22-9-4-6(14)2-3-7(9)15-13(21)12(20)11(19)10(18)8(17)5-16/h2-4,8,10-12,16-20H,5H2,1H3,(H,15,21)/t8-,10-,11+,12+/m1/s1. The van der Waals surface area contributed by atoms with Gasteiger partial charge in [0.05, 0.1) is 19.4 Å². The van der Waals surface area contributed by atoms with E-state index < -0.39 is 36.9 Å². The summed E-state index contributed by atoms with van der Waals surface area (Å²) < 4.78 is 5.00. The Balaban J connectivity index is 2.80. The first-order valence-corrected chi connectivity index (χ1v) is 6.67. The normalized spacial score (nSPS) is 16.5. The third kappa shape index (κ3) is 4.54. The van der Waals surface area contributed by atoms with E-state index in [0.29, 0.717) is 5.02 Å². The quantitative estimate of drug-likeness (QED) is 0.365. The highest BCUT2D eigenvalue weighted by Gasteiger charge is 2.34. The molecule has 0 heterocycles. The minimum Gasteiger partial charge on any atom is -0.495 e. The molecule has 0 saturated heterocycles. The molecule has 124 valence electrons. The monoisotopic (exact) mass is 335 g/mol. The SMILES string of the molecule is COc1cc(Cl)ccc1NC(=O)[C@@H](O)[C@@H](O)[C@H](O)[C@H](O)CO. The van der Waals surface area contributed by atoms with Crippen LogP contribution >= 0.6 is 11.6 Å². The Morgan fingerprint density at radius 2 is 1.91 bits per heavy atom. The largest absolute Gasteiger partial charge is 0.495 e. The number of methoxy groups -OCH3 is 1. The molecule has 0 aliphatic carbocycles. The number of aliphatic hydroxyl groups excluding tert-OH is 5. The second-order valence-electron chi connectivity index (χ2n) is 4.51. The van der Waals surface area contributed by atoms with Crippen molar-refractivity contribution in [3.63, 3.8) is 0 Å². The van der Waals surface area contributed by atoms with E-state index in [0.717, 1.165) is 0 Å². The number of amides is 1. The van der Waals surface area contributed by atoms with Gasteiger partial charge in [-0.3, -0.25) is 4.79 Å². The number of benzene rings is 1. The van der Waals surface area contributed by atoms with Crippen LogP contribution in [0.1, 0.15) is 0 Å². The second kappa shape index (κ2) is 8.28. The fourth-order valence-electron chi connectivity index (χ4n) is 1.65. The number of nitrogens with one attached hydrogen (secondary N) is 1. The Labute approximate surface area is 131 Å². The number of halogens is 1. The third-order valence-corrected chi connectivity index (χ3v) is 3.18. The van der Waals surface area contributed by atoms with E-state index in [1.165, 1.54) is 25.3 Å². The number of hydrogen-bond donors (Lipinski definition) is 6. The predicted molar refractivity (Wildman–Crippen MR) is 77.7 cm³/mol. The van der Waals surface area contributed by atoms with Gasteiger partial charge in [-0.2, -0.15) is 0 Å². The van der Waals surface area contributed by atoms with Gasteiger partial charge in [0.25, 0.3) is 5.91 Å². The van der Waals surface area contributed by atoms with Crippen LogP contribution in [0.5, 0.6) is 5.75 Å². The molecule has 0 aromatic heterocycles. The molecule has 8 nitrogen and oxygen atoms in total. The summed E-state index contributed by atoms with van der Waals surface area (Å²) in [5.41, 5.74) is 0.195. The van der Waals surface area contributed by atoms with Gasteiger partial charge >= 0.3 is 0 Å². The minimum atomic E-state index is -2.03. The van der Waals surface area contributed by atoms with Crippen LogP contribution in [0.25, 0.3) is 0 Å². The summed E-state index contributed by atoms with van der Waals surface area (Å²) in [4.78, 5) is 11.9. The lowest BCUT2D eigenvalue weighted by atomic mass is 10.0. The van der Waals surface area contributed by atoms with Crippen molar-refractivity contribution in [1.82, 2.24) is 0 Å². The van der Waals surface area contributed by atoms with E-state index >= 15 is 0 Å². The first-order valence-electron chi connectivity index (χ1n) is 6.29. The van der Waals surface area contributed by atoms with E-state index in [9.17, 15) is 25.2 Å². The molecular weight excluding hydrogens is 318 g/mol. The van der Waals surface area contributed by atoms with Crippen molar-refractivity contribution < 1.29 is 35.1 Å². The van der Waals surface area contributed by atoms with Crippen LogP contribution in [0.15, 0.2) is 18.2 Å². The van der Waals surface area contributed by atoms with Gasteiger partial charge < -0.3 is 35.6 Å². The maximum Gasteiger partial charge on any atom is 0.256 e. The molecule has 9 heteroatoms. The summed E-state index contributed by atoms with van der Waals surface area (Å²) in [6.07, 6.45) is -7.60. The summed E-state index contributed by atoms with van der Waals surface area (Å²) in [6, 6.07) is 4.34. The van der Waals surface area contributed by atoms with Crippen LogP contribution in [0.2, 0.25) is 5.02 Å². The van der Waals surface area contributed by atoms with Gasteiger partial charge in [0, 0.05) is 11.1 Å². The van der Waals surface area contributed by atoms with E-state index in [-0.39, 0.29) is 11.4 Å². The van der Waals surface area contributed by atoms with Crippen molar-refractivity contribution in [3.8, 4) is 5.75 Å². The van der Waals surface area contributed by atoms with Crippen LogP contribution in [0.3, 0.4) is 0 Å². The summed E-state index contributed by atoms with van der Waals surface area (Å²) in [7, 11) is 1.36. The highest BCUT2D eigenvalue weighted by molar-refractivity contribution is 6.30. The highest BCUT2D eigenvalue weighted by Crippen LogP contribution is 2.28. The van der Waals surface area contributed by atoms with Crippen molar-refractivity contribution in [2.75, 3.05) is 19.0 Å². The van der Waals surface area contributed by atoms with Gasteiger partial charge in [-0.05, 0) is 12.1 Å². The maximum atomic E-state index is 11.9. The zero-order chi connectivity index (χ0) is 16.9. The van der Waals surface area contributed by atoms with Crippen LogP contribution in [-0.4, -0.2) is 69.6 Å². The molecule has 0 spiro atoms. The average molecular weight is 336 g/mol. The maximum absolute atomic E-state index is 11.9. The number of anilines is 1. The lowest BCUT2D eigenvalue weighted by Crippen LogP contribution is -2.50. The van der Waals surface area contributed by atoms with Gasteiger partial charge in [-0.25, -0.2) is 0 Å². The molecule has 1 aromatic carbocycles. The molecule has 0 unspecified atom stereocenters. The van der Waals surface area contributed by atoms with E-state index in [2.05, 4.69) is 5.32 Å². The molecule has 1 rings (SSSR count). The number of aliphatic hydroxyl groups is 5. The fourth-order valence-corrected chi connectivity index (χ4v) is 1.81. The molecule has 0 fully saturated rings. The molecular formula is C13H18ClNO7. The topological polar surface area (TPSA) is 139 Å². The van der Waals surface area contributed by atoms with Crippen molar-refractivity contribution in [2.45, 2.75) is 24.4 Å². The molecule has 4 atom stereocenters. The lowest BCUT2D eigenvalue weighted by molar-refractivity contribution is -0.144. The third-order valence-electron chi connectivity index (χ3n) is 2.94. The minimum absolute atomic E-state index is 0.195. The predicted octanol–water partition coefficient (Wildman–Crippen LogP) is -1.28.